The van der Waals surface area contributed by atoms with Gasteiger partial charge >= 0.3 is 0 Å². The van der Waals surface area contributed by atoms with Crippen LogP contribution in [0.4, 0.5) is 0 Å². The van der Waals surface area contributed by atoms with E-state index in [2.05, 4.69) is 41.4 Å². The topological polar surface area (TPSA) is 57.2 Å². The second-order valence-electron chi connectivity index (χ2n) is 5.91. The Labute approximate surface area is 167 Å². The highest BCUT2D eigenvalue weighted by molar-refractivity contribution is 14.0. The standard InChI is InChI=1S/C18H28N4O2.HI/c1-4-19-18(22-11-9-21(10-12-22)15(2)23)20-13-16-5-7-17(8-6-16)14-24-3;/h5-8H,4,9-14H2,1-3H3,(H,19,20);1H. The second kappa shape index (κ2) is 11.3. The number of piperazine rings is 1. The molecule has 7 heteroatoms. The number of hydrogen-bond acceptors (Lipinski definition) is 3. The van der Waals surface area contributed by atoms with Crippen molar-refractivity contribution in [1.82, 2.24) is 15.1 Å². The number of aliphatic imine (C=N–C) groups is 1. The predicted molar refractivity (Wildman–Crippen MR) is 111 cm³/mol. The van der Waals surface area contributed by atoms with Gasteiger partial charge in [0.1, 0.15) is 0 Å². The smallest absolute Gasteiger partial charge is 0.219 e. The Kier molecular flexibility index (Phi) is 9.81. The van der Waals surface area contributed by atoms with Crippen molar-refractivity contribution < 1.29 is 9.53 Å². The molecule has 140 valence electrons. The summed E-state index contributed by atoms with van der Waals surface area (Å²) in [5.74, 6) is 1.06. The van der Waals surface area contributed by atoms with Crippen LogP contribution in [0.1, 0.15) is 25.0 Å². The number of carbonyl (C=O) groups excluding carboxylic acids is 1. The Hall–Kier alpha value is -1.35. The van der Waals surface area contributed by atoms with E-state index in [1.54, 1.807) is 14.0 Å². The van der Waals surface area contributed by atoms with E-state index in [0.717, 1.165) is 44.2 Å². The summed E-state index contributed by atoms with van der Waals surface area (Å²) in [6, 6.07) is 8.34. The lowest BCUT2D eigenvalue weighted by Crippen LogP contribution is -2.53. The van der Waals surface area contributed by atoms with Gasteiger partial charge in [0, 0.05) is 46.8 Å². The van der Waals surface area contributed by atoms with E-state index < -0.39 is 0 Å². The molecule has 0 spiro atoms. The fourth-order valence-electron chi connectivity index (χ4n) is 2.73. The van der Waals surface area contributed by atoms with Crippen LogP contribution in [0.25, 0.3) is 0 Å². The zero-order valence-corrected chi connectivity index (χ0v) is 17.7. The molecule has 1 fully saturated rings. The first-order valence-corrected chi connectivity index (χ1v) is 8.49. The summed E-state index contributed by atoms with van der Waals surface area (Å²) in [6.07, 6.45) is 0. The van der Waals surface area contributed by atoms with Crippen LogP contribution in [0.5, 0.6) is 0 Å². The fraction of sp³-hybridized carbons (Fsp3) is 0.556. The Morgan fingerprint density at radius 3 is 2.20 bits per heavy atom. The first kappa shape index (κ1) is 21.7. The van der Waals surface area contributed by atoms with E-state index in [1.807, 2.05) is 4.90 Å². The second-order valence-corrected chi connectivity index (χ2v) is 5.91. The molecule has 1 saturated heterocycles. The van der Waals surface area contributed by atoms with Crippen molar-refractivity contribution in [2.75, 3.05) is 39.8 Å². The van der Waals surface area contributed by atoms with E-state index in [-0.39, 0.29) is 29.9 Å². The van der Waals surface area contributed by atoms with E-state index in [1.165, 1.54) is 5.56 Å². The van der Waals surface area contributed by atoms with Crippen molar-refractivity contribution in [2.24, 2.45) is 4.99 Å². The molecule has 1 aromatic rings. The van der Waals surface area contributed by atoms with Crippen molar-refractivity contribution in [3.63, 3.8) is 0 Å². The summed E-state index contributed by atoms with van der Waals surface area (Å²) < 4.78 is 5.13. The van der Waals surface area contributed by atoms with Crippen molar-refractivity contribution >= 4 is 35.8 Å². The van der Waals surface area contributed by atoms with Crippen LogP contribution in [0.3, 0.4) is 0 Å². The van der Waals surface area contributed by atoms with Gasteiger partial charge in [-0.25, -0.2) is 4.99 Å². The molecule has 1 aromatic carbocycles. The molecular formula is C18H29IN4O2. The number of hydrogen-bond donors (Lipinski definition) is 1. The molecule has 2 rings (SSSR count). The predicted octanol–water partition coefficient (Wildman–Crippen LogP) is 2.08. The largest absolute Gasteiger partial charge is 0.380 e. The van der Waals surface area contributed by atoms with E-state index in [9.17, 15) is 4.79 Å². The molecule has 25 heavy (non-hydrogen) atoms. The van der Waals surface area contributed by atoms with Gasteiger partial charge in [-0.2, -0.15) is 0 Å². The number of nitrogens with one attached hydrogen (secondary N) is 1. The highest BCUT2D eigenvalue weighted by Crippen LogP contribution is 2.08. The molecule has 0 bridgehead atoms. The number of ether oxygens (including phenoxy) is 1. The van der Waals surface area contributed by atoms with Crippen LogP contribution in [0.15, 0.2) is 29.3 Å². The number of carbonyl (C=O) groups is 1. The van der Waals surface area contributed by atoms with Crippen molar-refractivity contribution in [1.29, 1.82) is 0 Å². The monoisotopic (exact) mass is 460 g/mol. The van der Waals surface area contributed by atoms with Crippen molar-refractivity contribution in [3.05, 3.63) is 35.4 Å². The molecule has 6 nitrogen and oxygen atoms in total. The average Bonchev–Trinajstić information content (AvgIpc) is 2.60. The van der Waals surface area contributed by atoms with Gasteiger partial charge in [0.2, 0.25) is 5.91 Å². The van der Waals surface area contributed by atoms with Gasteiger partial charge in [-0.15, -0.1) is 24.0 Å². The van der Waals surface area contributed by atoms with Crippen molar-refractivity contribution in [2.45, 2.75) is 27.0 Å². The zero-order chi connectivity index (χ0) is 17.4. The molecule has 0 aliphatic carbocycles. The van der Waals surface area contributed by atoms with Gasteiger partial charge in [-0.05, 0) is 18.1 Å². The number of amides is 1. The van der Waals surface area contributed by atoms with Gasteiger partial charge in [0.25, 0.3) is 0 Å². The number of halogens is 1. The van der Waals surface area contributed by atoms with E-state index in [0.29, 0.717) is 13.2 Å². The quantitative estimate of drug-likeness (QED) is 0.416. The van der Waals surface area contributed by atoms with E-state index in [4.69, 9.17) is 9.73 Å². The minimum absolute atomic E-state index is 0. The lowest BCUT2D eigenvalue weighted by Gasteiger charge is -2.36. The number of methoxy groups -OCH3 is 1. The van der Waals surface area contributed by atoms with Crippen LogP contribution >= 0.6 is 24.0 Å². The third kappa shape index (κ3) is 6.81. The number of nitrogens with zero attached hydrogens (tertiary/aromatic N) is 3. The first-order chi connectivity index (χ1) is 11.6. The van der Waals surface area contributed by atoms with E-state index >= 15 is 0 Å². The highest BCUT2D eigenvalue weighted by atomic mass is 127. The maximum Gasteiger partial charge on any atom is 0.219 e. The molecular weight excluding hydrogens is 431 g/mol. The molecule has 1 aliphatic rings. The summed E-state index contributed by atoms with van der Waals surface area (Å²) in [6.45, 7) is 8.95. The highest BCUT2D eigenvalue weighted by Gasteiger charge is 2.20. The molecule has 1 aliphatic heterocycles. The summed E-state index contributed by atoms with van der Waals surface area (Å²) in [5.41, 5.74) is 2.34. The molecule has 0 atom stereocenters. The first-order valence-electron chi connectivity index (χ1n) is 8.49. The Morgan fingerprint density at radius 2 is 1.68 bits per heavy atom. The summed E-state index contributed by atoms with van der Waals surface area (Å²) in [7, 11) is 1.70. The lowest BCUT2D eigenvalue weighted by molar-refractivity contribution is -0.130. The number of rotatable bonds is 5. The Bertz CT molecular complexity index is 555. The summed E-state index contributed by atoms with van der Waals surface area (Å²) in [4.78, 5) is 20.3. The number of guanidine groups is 1. The number of benzene rings is 1. The van der Waals surface area contributed by atoms with Gasteiger partial charge in [-0.1, -0.05) is 24.3 Å². The van der Waals surface area contributed by atoms with Gasteiger partial charge in [0.15, 0.2) is 5.96 Å². The normalized spacial score (nSPS) is 14.9. The summed E-state index contributed by atoms with van der Waals surface area (Å²) in [5, 5.41) is 3.35. The Morgan fingerprint density at radius 1 is 1.12 bits per heavy atom. The molecule has 1 heterocycles. The third-order valence-electron chi connectivity index (χ3n) is 4.10. The minimum Gasteiger partial charge on any atom is -0.380 e. The lowest BCUT2D eigenvalue weighted by atomic mass is 10.1. The summed E-state index contributed by atoms with van der Waals surface area (Å²) >= 11 is 0. The Balaban J connectivity index is 0.00000312. The molecule has 0 unspecified atom stereocenters. The minimum atomic E-state index is 0. The zero-order valence-electron chi connectivity index (χ0n) is 15.3. The fourth-order valence-corrected chi connectivity index (χ4v) is 2.73. The van der Waals surface area contributed by atoms with Crippen LogP contribution in [0.2, 0.25) is 0 Å². The molecule has 0 radical (unpaired) electrons. The molecule has 1 amide bonds. The van der Waals surface area contributed by atoms with Crippen LogP contribution in [-0.4, -0.2) is 61.5 Å². The van der Waals surface area contributed by atoms with Gasteiger partial charge < -0.3 is 19.9 Å². The van der Waals surface area contributed by atoms with Crippen LogP contribution < -0.4 is 5.32 Å². The molecule has 0 saturated carbocycles. The van der Waals surface area contributed by atoms with Crippen molar-refractivity contribution in [3.8, 4) is 0 Å². The SMILES string of the molecule is CCNC(=NCc1ccc(COC)cc1)N1CCN(C(C)=O)CC1.I. The average molecular weight is 460 g/mol. The van der Waals surface area contributed by atoms with Crippen LogP contribution in [0, 0.1) is 0 Å². The maximum atomic E-state index is 11.4. The van der Waals surface area contributed by atoms with Crippen LogP contribution in [-0.2, 0) is 22.7 Å². The van der Waals surface area contributed by atoms with Gasteiger partial charge in [-0.3, -0.25) is 4.79 Å². The third-order valence-corrected chi connectivity index (χ3v) is 4.10. The molecule has 1 N–H and O–H groups in total. The van der Waals surface area contributed by atoms with Gasteiger partial charge in [0.05, 0.1) is 13.2 Å². The molecule has 0 aromatic heterocycles. The maximum absolute atomic E-state index is 11.4.